The Balaban J connectivity index is 1.26. The molecule has 33 heavy (non-hydrogen) atoms. The van der Waals surface area contributed by atoms with Crippen molar-refractivity contribution in [2.45, 2.75) is 32.6 Å². The lowest BCUT2D eigenvalue weighted by Crippen LogP contribution is -2.25. The summed E-state index contributed by atoms with van der Waals surface area (Å²) in [7, 11) is 0. The summed E-state index contributed by atoms with van der Waals surface area (Å²) in [4.78, 5) is 21.4. The highest BCUT2D eigenvalue weighted by Crippen LogP contribution is 2.31. The summed E-state index contributed by atoms with van der Waals surface area (Å²) in [6.45, 7) is 3.98. The number of nitrogens with zero attached hydrogens (tertiary/aromatic N) is 4. The number of aryl methyl sites for hydroxylation is 1. The number of hydrogen-bond acceptors (Lipinski definition) is 7. The largest absolute Gasteiger partial charge is 0.355 e. The van der Waals surface area contributed by atoms with E-state index in [-0.39, 0.29) is 5.91 Å². The summed E-state index contributed by atoms with van der Waals surface area (Å²) < 4.78 is 0. The zero-order valence-corrected chi connectivity index (χ0v) is 20.1. The van der Waals surface area contributed by atoms with Gasteiger partial charge in [-0.25, -0.2) is 4.98 Å². The van der Waals surface area contributed by atoms with Gasteiger partial charge in [0.05, 0.1) is 16.3 Å². The number of carbonyl (C=O) groups is 1. The van der Waals surface area contributed by atoms with Crippen LogP contribution >= 0.6 is 22.7 Å². The summed E-state index contributed by atoms with van der Waals surface area (Å²) >= 11 is 3.05. The number of anilines is 2. The number of thiazole rings is 1. The Kier molecular flexibility index (Phi) is 6.46. The van der Waals surface area contributed by atoms with E-state index < -0.39 is 0 Å². The minimum Gasteiger partial charge on any atom is -0.355 e. The molecule has 1 fully saturated rings. The van der Waals surface area contributed by atoms with Gasteiger partial charge in [0, 0.05) is 24.3 Å². The Labute approximate surface area is 201 Å². The molecule has 1 aliphatic heterocycles. The van der Waals surface area contributed by atoms with Crippen LogP contribution in [0.4, 0.5) is 11.5 Å². The fourth-order valence-electron chi connectivity index (χ4n) is 3.97. The lowest BCUT2D eigenvalue weighted by atomic mass is 10.1. The topological polar surface area (TPSA) is 71.0 Å². The summed E-state index contributed by atoms with van der Waals surface area (Å²) in [5.41, 5.74) is 3.28. The molecule has 4 heterocycles. The molecule has 1 saturated heterocycles. The van der Waals surface area contributed by atoms with Crippen molar-refractivity contribution in [1.82, 2.24) is 15.2 Å². The molecule has 0 radical (unpaired) electrons. The van der Waals surface area contributed by atoms with Crippen LogP contribution in [0, 0.1) is 6.92 Å². The Morgan fingerprint density at radius 1 is 0.970 bits per heavy atom. The van der Waals surface area contributed by atoms with E-state index in [4.69, 9.17) is 0 Å². The van der Waals surface area contributed by atoms with E-state index in [1.165, 1.54) is 37.0 Å². The van der Waals surface area contributed by atoms with Gasteiger partial charge in [0.15, 0.2) is 5.82 Å². The molecule has 1 aromatic carbocycles. The number of amides is 1. The zero-order valence-electron chi connectivity index (χ0n) is 18.5. The summed E-state index contributed by atoms with van der Waals surface area (Å²) in [6, 6.07) is 15.8. The van der Waals surface area contributed by atoms with Gasteiger partial charge in [-0.05, 0) is 55.5 Å². The van der Waals surface area contributed by atoms with Gasteiger partial charge < -0.3 is 10.2 Å². The summed E-state index contributed by atoms with van der Waals surface area (Å²) in [5, 5.41) is 14.8. The molecule has 0 aliphatic carbocycles. The lowest BCUT2D eigenvalue weighted by molar-refractivity contribution is 0.103. The molecule has 1 aliphatic rings. The molecule has 0 atom stereocenters. The molecule has 1 N–H and O–H groups in total. The number of aromatic nitrogens is 3. The Morgan fingerprint density at radius 2 is 1.76 bits per heavy atom. The van der Waals surface area contributed by atoms with Crippen molar-refractivity contribution in [3.05, 3.63) is 64.5 Å². The van der Waals surface area contributed by atoms with Crippen molar-refractivity contribution >= 4 is 40.1 Å². The predicted octanol–water partition coefficient (Wildman–Crippen LogP) is 6.27. The van der Waals surface area contributed by atoms with Gasteiger partial charge in [-0.15, -0.1) is 32.9 Å². The van der Waals surface area contributed by atoms with E-state index in [1.807, 2.05) is 54.8 Å². The minimum atomic E-state index is -0.137. The number of rotatable bonds is 5. The molecule has 0 spiro atoms. The molecule has 8 heteroatoms. The molecule has 0 unspecified atom stereocenters. The predicted molar refractivity (Wildman–Crippen MR) is 136 cm³/mol. The van der Waals surface area contributed by atoms with Gasteiger partial charge in [-0.2, -0.15) is 0 Å². The average molecular weight is 476 g/mol. The van der Waals surface area contributed by atoms with Crippen LogP contribution in [0.3, 0.4) is 0 Å². The minimum absolute atomic E-state index is 0.137. The third-order valence-electron chi connectivity index (χ3n) is 5.75. The lowest BCUT2D eigenvalue weighted by Gasteiger charge is -2.20. The van der Waals surface area contributed by atoms with Crippen LogP contribution in [0.15, 0.2) is 53.9 Å². The van der Waals surface area contributed by atoms with Crippen molar-refractivity contribution in [2.24, 2.45) is 0 Å². The fraction of sp³-hybridized carbons (Fsp3) is 0.280. The standard InChI is InChI=1S/C25H25N5OS2/c1-17-23(33-25(26-17)21-7-6-16-32-21)24(31)27-19-10-8-18(9-11-19)20-12-13-22(29-28-20)30-14-4-2-3-5-15-30/h6-13,16H,2-5,14-15H2,1H3,(H,27,31). The fourth-order valence-corrected chi connectivity index (χ4v) is 5.73. The second-order valence-electron chi connectivity index (χ2n) is 8.12. The van der Waals surface area contributed by atoms with Gasteiger partial charge in [0.25, 0.3) is 5.91 Å². The van der Waals surface area contributed by atoms with Crippen molar-refractivity contribution in [3.8, 4) is 21.1 Å². The van der Waals surface area contributed by atoms with Crippen LogP contribution in [-0.4, -0.2) is 34.2 Å². The number of thiophene rings is 1. The maximum atomic E-state index is 12.8. The van der Waals surface area contributed by atoms with E-state index in [0.717, 1.165) is 51.4 Å². The van der Waals surface area contributed by atoms with E-state index in [9.17, 15) is 4.79 Å². The number of carbonyl (C=O) groups excluding carboxylic acids is 1. The van der Waals surface area contributed by atoms with Crippen molar-refractivity contribution in [3.63, 3.8) is 0 Å². The van der Waals surface area contributed by atoms with Crippen LogP contribution in [0.5, 0.6) is 0 Å². The molecule has 1 amide bonds. The third-order valence-corrected chi connectivity index (χ3v) is 7.95. The molecule has 3 aromatic heterocycles. The quantitative estimate of drug-likeness (QED) is 0.368. The van der Waals surface area contributed by atoms with Crippen LogP contribution in [0.1, 0.15) is 41.0 Å². The highest BCUT2D eigenvalue weighted by Gasteiger charge is 2.17. The molecule has 4 aromatic rings. The third kappa shape index (κ3) is 4.96. The van der Waals surface area contributed by atoms with E-state index >= 15 is 0 Å². The molecular formula is C25H25N5OS2. The molecule has 5 rings (SSSR count). The second kappa shape index (κ2) is 9.80. The summed E-state index contributed by atoms with van der Waals surface area (Å²) in [5.74, 6) is 0.813. The molecule has 0 saturated carbocycles. The molecule has 168 valence electrons. The van der Waals surface area contributed by atoms with Gasteiger partial charge in [-0.3, -0.25) is 4.79 Å². The van der Waals surface area contributed by atoms with Gasteiger partial charge in [0.2, 0.25) is 0 Å². The first-order valence-corrected chi connectivity index (χ1v) is 12.9. The summed E-state index contributed by atoms with van der Waals surface area (Å²) in [6.07, 6.45) is 5.02. The SMILES string of the molecule is Cc1nc(-c2cccs2)sc1C(=O)Nc1ccc(-c2ccc(N3CCCCCC3)nn2)cc1. The van der Waals surface area contributed by atoms with Gasteiger partial charge >= 0.3 is 0 Å². The maximum Gasteiger partial charge on any atom is 0.267 e. The van der Waals surface area contributed by atoms with Gasteiger partial charge in [0.1, 0.15) is 9.88 Å². The Bertz CT molecular complexity index is 1210. The smallest absolute Gasteiger partial charge is 0.267 e. The number of nitrogens with one attached hydrogen (secondary N) is 1. The van der Waals surface area contributed by atoms with E-state index in [0.29, 0.717) is 4.88 Å². The molecular weight excluding hydrogens is 450 g/mol. The number of hydrogen-bond donors (Lipinski definition) is 1. The van der Waals surface area contributed by atoms with Gasteiger partial charge in [-0.1, -0.05) is 31.0 Å². The van der Waals surface area contributed by atoms with Crippen LogP contribution in [0.2, 0.25) is 0 Å². The highest BCUT2D eigenvalue weighted by atomic mass is 32.1. The van der Waals surface area contributed by atoms with Crippen molar-refractivity contribution in [2.75, 3.05) is 23.3 Å². The first-order chi connectivity index (χ1) is 16.2. The second-order valence-corrected chi connectivity index (χ2v) is 10.1. The van der Waals surface area contributed by atoms with E-state index in [2.05, 4.69) is 31.5 Å². The first kappa shape index (κ1) is 21.7. The molecule has 6 nitrogen and oxygen atoms in total. The van der Waals surface area contributed by atoms with Crippen LogP contribution in [0.25, 0.3) is 21.1 Å². The highest BCUT2D eigenvalue weighted by molar-refractivity contribution is 7.22. The average Bonchev–Trinajstić information content (AvgIpc) is 3.42. The van der Waals surface area contributed by atoms with Crippen LogP contribution < -0.4 is 10.2 Å². The number of benzene rings is 1. The normalized spacial score (nSPS) is 14.2. The van der Waals surface area contributed by atoms with Crippen molar-refractivity contribution in [1.29, 1.82) is 0 Å². The van der Waals surface area contributed by atoms with Crippen LogP contribution in [-0.2, 0) is 0 Å². The first-order valence-electron chi connectivity index (χ1n) is 11.2. The van der Waals surface area contributed by atoms with Crippen molar-refractivity contribution < 1.29 is 4.79 Å². The van der Waals surface area contributed by atoms with E-state index in [1.54, 1.807) is 11.3 Å². The monoisotopic (exact) mass is 475 g/mol. The Hall–Kier alpha value is -3.10. The molecule has 0 bridgehead atoms. The zero-order chi connectivity index (χ0) is 22.6. The maximum absolute atomic E-state index is 12.8. The Morgan fingerprint density at radius 3 is 2.42 bits per heavy atom.